The zero-order valence-corrected chi connectivity index (χ0v) is 21.5. The number of rotatable bonds is 9. The zero-order valence-electron chi connectivity index (χ0n) is 20.8. The van der Waals surface area contributed by atoms with Crippen LogP contribution in [0.25, 0.3) is 16.9 Å². The van der Waals surface area contributed by atoms with Crippen molar-refractivity contribution in [3.8, 4) is 28.4 Å². The number of nitrogens with zero attached hydrogens (tertiary/aromatic N) is 3. The molecule has 8 nitrogen and oxygen atoms in total. The number of nitrogens with one attached hydrogen (secondary N) is 1. The minimum absolute atomic E-state index is 0.141. The molecule has 37 heavy (non-hydrogen) atoms. The first kappa shape index (κ1) is 25.8. The molecule has 0 spiro atoms. The number of carbonyl (C=O) groups is 2. The van der Waals surface area contributed by atoms with Crippen molar-refractivity contribution >= 4 is 29.4 Å². The summed E-state index contributed by atoms with van der Waals surface area (Å²) in [6.07, 6.45) is 1.83. The van der Waals surface area contributed by atoms with E-state index in [-0.39, 0.29) is 18.4 Å². The second kappa shape index (κ2) is 11.6. The summed E-state index contributed by atoms with van der Waals surface area (Å²) in [7, 11) is 3.14. The molecular formula is C28H27ClN4O4. The summed E-state index contributed by atoms with van der Waals surface area (Å²) in [5.74, 6) is 0.965. The number of carbonyl (C=O) groups excluding carboxylic acids is 2. The highest BCUT2D eigenvalue weighted by Crippen LogP contribution is 2.26. The number of hydrogen-bond donors (Lipinski definition) is 1. The van der Waals surface area contributed by atoms with Gasteiger partial charge in [0.2, 0.25) is 11.9 Å². The van der Waals surface area contributed by atoms with Gasteiger partial charge >= 0.3 is 0 Å². The molecule has 0 aliphatic heterocycles. The van der Waals surface area contributed by atoms with Crippen molar-refractivity contribution in [2.45, 2.75) is 6.92 Å². The average molecular weight is 519 g/mol. The predicted octanol–water partition coefficient (Wildman–Crippen LogP) is 5.31. The Morgan fingerprint density at radius 2 is 1.68 bits per heavy atom. The molecular weight excluding hydrogens is 492 g/mol. The Labute approximate surface area is 220 Å². The van der Waals surface area contributed by atoms with Crippen LogP contribution in [0.5, 0.6) is 11.5 Å². The average Bonchev–Trinajstić information content (AvgIpc) is 3.35. The third-order valence-corrected chi connectivity index (χ3v) is 6.02. The molecule has 190 valence electrons. The predicted molar refractivity (Wildman–Crippen MR) is 144 cm³/mol. The van der Waals surface area contributed by atoms with Gasteiger partial charge in [0.05, 0.1) is 19.9 Å². The molecule has 0 radical (unpaired) electrons. The van der Waals surface area contributed by atoms with Crippen molar-refractivity contribution in [1.29, 1.82) is 0 Å². The van der Waals surface area contributed by atoms with E-state index >= 15 is 0 Å². The van der Waals surface area contributed by atoms with Crippen LogP contribution in [-0.4, -0.2) is 53.6 Å². The lowest BCUT2D eigenvalue weighted by Crippen LogP contribution is -2.38. The van der Waals surface area contributed by atoms with Crippen molar-refractivity contribution in [2.24, 2.45) is 0 Å². The Bertz CT molecular complexity index is 1380. The van der Waals surface area contributed by atoms with Gasteiger partial charge in [-0.1, -0.05) is 29.8 Å². The summed E-state index contributed by atoms with van der Waals surface area (Å²) >= 11 is 6.04. The molecule has 1 N–H and O–H groups in total. The second-order valence-corrected chi connectivity index (χ2v) is 8.56. The van der Waals surface area contributed by atoms with Gasteiger partial charge in [-0.2, -0.15) is 0 Å². The van der Waals surface area contributed by atoms with E-state index in [2.05, 4.69) is 10.3 Å². The van der Waals surface area contributed by atoms with Gasteiger partial charge in [-0.15, -0.1) is 0 Å². The van der Waals surface area contributed by atoms with E-state index in [4.69, 9.17) is 21.1 Å². The van der Waals surface area contributed by atoms with Gasteiger partial charge in [0.15, 0.2) is 0 Å². The first-order valence-electron chi connectivity index (χ1n) is 11.6. The molecule has 0 atom stereocenters. The van der Waals surface area contributed by atoms with Crippen LogP contribution < -0.4 is 14.8 Å². The molecule has 9 heteroatoms. The summed E-state index contributed by atoms with van der Waals surface area (Å²) in [5.41, 5.74) is 2.72. The monoisotopic (exact) mass is 518 g/mol. The van der Waals surface area contributed by atoms with Gasteiger partial charge < -0.3 is 14.4 Å². The van der Waals surface area contributed by atoms with Crippen LogP contribution in [0.15, 0.2) is 79.0 Å². The van der Waals surface area contributed by atoms with Crippen LogP contribution >= 0.6 is 11.6 Å². The number of methoxy groups -OCH3 is 2. The number of aromatic nitrogens is 2. The quantitative estimate of drug-likeness (QED) is 0.324. The Morgan fingerprint density at radius 1 is 0.973 bits per heavy atom. The number of halogens is 1. The standard InChI is InChI=1S/C28H27ClN4O4/c1-4-32(27(35)20-6-5-7-24(16-20)37-3)18-26(34)31-28-30-25(19-8-10-21(29)11-9-19)17-33(28)22-12-14-23(36-2)15-13-22/h5-17H,4,18H2,1-3H3,(H,30,31,34). The van der Waals surface area contributed by atoms with Gasteiger partial charge in [0.25, 0.3) is 5.91 Å². The Hall–Kier alpha value is -4.30. The SMILES string of the molecule is CCN(CC(=O)Nc1nc(-c2ccc(Cl)cc2)cn1-c1ccc(OC)cc1)C(=O)c1cccc(OC)c1. The Kier molecular flexibility index (Phi) is 8.10. The van der Waals surface area contributed by atoms with E-state index in [0.29, 0.717) is 40.3 Å². The lowest BCUT2D eigenvalue weighted by molar-refractivity contribution is -0.116. The van der Waals surface area contributed by atoms with E-state index in [9.17, 15) is 9.59 Å². The highest BCUT2D eigenvalue weighted by atomic mass is 35.5. The van der Waals surface area contributed by atoms with Gasteiger partial charge in [-0.3, -0.25) is 19.5 Å². The number of imidazole rings is 1. The molecule has 4 rings (SSSR count). The first-order chi connectivity index (χ1) is 17.9. The first-order valence-corrected chi connectivity index (χ1v) is 12.0. The second-order valence-electron chi connectivity index (χ2n) is 8.12. The third-order valence-electron chi connectivity index (χ3n) is 5.77. The van der Waals surface area contributed by atoms with E-state index in [1.165, 1.54) is 12.0 Å². The molecule has 0 aliphatic rings. The van der Waals surface area contributed by atoms with E-state index in [1.54, 1.807) is 48.1 Å². The maximum Gasteiger partial charge on any atom is 0.254 e. The minimum atomic E-state index is -0.374. The lowest BCUT2D eigenvalue weighted by atomic mass is 10.2. The van der Waals surface area contributed by atoms with Crippen LogP contribution in [0.2, 0.25) is 5.02 Å². The molecule has 0 saturated carbocycles. The number of anilines is 1. The fourth-order valence-corrected chi connectivity index (χ4v) is 3.90. The smallest absolute Gasteiger partial charge is 0.254 e. The van der Waals surface area contributed by atoms with Crippen LogP contribution in [0.3, 0.4) is 0 Å². The minimum Gasteiger partial charge on any atom is -0.497 e. The van der Waals surface area contributed by atoms with Gasteiger partial charge in [0, 0.05) is 34.6 Å². The van der Waals surface area contributed by atoms with Crippen molar-refractivity contribution in [2.75, 3.05) is 32.6 Å². The molecule has 0 saturated heterocycles. The van der Waals surface area contributed by atoms with Crippen molar-refractivity contribution < 1.29 is 19.1 Å². The summed E-state index contributed by atoms with van der Waals surface area (Å²) in [6, 6.07) is 21.5. The molecule has 0 aliphatic carbocycles. The highest BCUT2D eigenvalue weighted by Gasteiger charge is 2.20. The molecule has 4 aromatic rings. The van der Waals surface area contributed by atoms with Crippen LogP contribution in [0, 0.1) is 0 Å². The van der Waals surface area contributed by atoms with Gasteiger partial charge in [0.1, 0.15) is 18.0 Å². The van der Waals surface area contributed by atoms with Gasteiger partial charge in [-0.05, 0) is 61.5 Å². The summed E-state index contributed by atoms with van der Waals surface area (Å²) in [4.78, 5) is 32.3. The summed E-state index contributed by atoms with van der Waals surface area (Å²) < 4.78 is 12.3. The number of amides is 2. The Morgan fingerprint density at radius 3 is 2.32 bits per heavy atom. The molecule has 1 heterocycles. The Balaban J connectivity index is 1.59. The number of hydrogen-bond acceptors (Lipinski definition) is 5. The normalized spacial score (nSPS) is 10.6. The molecule has 0 fully saturated rings. The van der Waals surface area contributed by atoms with E-state index in [1.807, 2.05) is 49.5 Å². The maximum atomic E-state index is 13.1. The summed E-state index contributed by atoms with van der Waals surface area (Å²) in [5, 5.41) is 3.49. The number of ether oxygens (including phenoxy) is 2. The lowest BCUT2D eigenvalue weighted by Gasteiger charge is -2.20. The topological polar surface area (TPSA) is 85.7 Å². The highest BCUT2D eigenvalue weighted by molar-refractivity contribution is 6.30. The molecule has 3 aromatic carbocycles. The summed E-state index contributed by atoms with van der Waals surface area (Å²) in [6.45, 7) is 2.03. The third kappa shape index (κ3) is 6.10. The van der Waals surface area contributed by atoms with Crippen molar-refractivity contribution in [1.82, 2.24) is 14.5 Å². The van der Waals surface area contributed by atoms with E-state index in [0.717, 1.165) is 11.3 Å². The van der Waals surface area contributed by atoms with Crippen LogP contribution in [0.1, 0.15) is 17.3 Å². The fraction of sp³-hybridized carbons (Fsp3) is 0.179. The van der Waals surface area contributed by atoms with Crippen molar-refractivity contribution in [3.63, 3.8) is 0 Å². The van der Waals surface area contributed by atoms with Gasteiger partial charge in [-0.25, -0.2) is 4.98 Å². The van der Waals surface area contributed by atoms with Crippen molar-refractivity contribution in [3.05, 3.63) is 89.6 Å². The number of benzene rings is 3. The molecule has 0 bridgehead atoms. The molecule has 1 aromatic heterocycles. The maximum absolute atomic E-state index is 13.1. The number of likely N-dealkylation sites (N-methyl/N-ethyl adjacent to an activating group) is 1. The molecule has 0 unspecified atom stereocenters. The molecule has 2 amide bonds. The van der Waals surface area contributed by atoms with E-state index < -0.39 is 0 Å². The zero-order chi connectivity index (χ0) is 26.4. The largest absolute Gasteiger partial charge is 0.497 e. The van der Waals surface area contributed by atoms with Crippen LogP contribution in [-0.2, 0) is 4.79 Å². The van der Waals surface area contributed by atoms with Crippen LogP contribution in [0.4, 0.5) is 5.95 Å². The fourth-order valence-electron chi connectivity index (χ4n) is 3.77.